The third kappa shape index (κ3) is 5.29. The molecule has 158 valence electrons. The van der Waals surface area contributed by atoms with Crippen molar-refractivity contribution in [2.75, 3.05) is 27.4 Å². The number of ether oxygens (including phenoxy) is 2. The fraction of sp³-hybridized carbons (Fsp3) is 0.238. The molecule has 0 atom stereocenters. The molecule has 0 radical (unpaired) electrons. The van der Waals surface area contributed by atoms with Gasteiger partial charge in [-0.15, -0.1) is 4.40 Å². The van der Waals surface area contributed by atoms with Crippen LogP contribution in [0.25, 0.3) is 6.08 Å². The van der Waals surface area contributed by atoms with Gasteiger partial charge in [0.25, 0.3) is 15.9 Å². The van der Waals surface area contributed by atoms with Crippen LogP contribution in [0.2, 0.25) is 0 Å². The summed E-state index contributed by atoms with van der Waals surface area (Å²) in [5.41, 5.74) is 0.772. The van der Waals surface area contributed by atoms with Gasteiger partial charge in [-0.3, -0.25) is 9.69 Å². The molecule has 1 aliphatic rings. The molecule has 1 heterocycles. The Morgan fingerprint density at radius 2 is 1.87 bits per heavy atom. The summed E-state index contributed by atoms with van der Waals surface area (Å²) in [4.78, 5) is 14.8. The number of hydrogen-bond donors (Lipinski definition) is 0. The van der Waals surface area contributed by atoms with Crippen molar-refractivity contribution < 1.29 is 22.7 Å². The van der Waals surface area contributed by atoms with Crippen molar-refractivity contribution in [3.05, 3.63) is 65.1 Å². The van der Waals surface area contributed by atoms with Crippen LogP contribution in [0, 0.1) is 0 Å². The molecule has 9 heteroatoms. The van der Waals surface area contributed by atoms with Crippen LogP contribution in [0.4, 0.5) is 0 Å². The summed E-state index contributed by atoms with van der Waals surface area (Å²) in [6, 6.07) is 15.2. The first kappa shape index (κ1) is 22.1. The van der Waals surface area contributed by atoms with Gasteiger partial charge in [0.15, 0.2) is 5.17 Å². The lowest BCUT2D eigenvalue weighted by Gasteiger charge is -2.15. The number of benzene rings is 2. The van der Waals surface area contributed by atoms with Crippen LogP contribution in [0.5, 0.6) is 5.75 Å². The first-order chi connectivity index (χ1) is 14.4. The molecule has 0 N–H and O–H groups in total. The SMILES string of the molecule is COCCCN1C(=O)C(=Cc2cccc(OC)c2)SC1=NS(=O)(=O)c1ccccc1. The van der Waals surface area contributed by atoms with Gasteiger partial charge in [-0.1, -0.05) is 30.3 Å². The summed E-state index contributed by atoms with van der Waals surface area (Å²) in [5, 5.41) is 0.133. The highest BCUT2D eigenvalue weighted by Crippen LogP contribution is 2.34. The lowest BCUT2D eigenvalue weighted by atomic mass is 10.2. The largest absolute Gasteiger partial charge is 0.497 e. The Morgan fingerprint density at radius 3 is 2.57 bits per heavy atom. The van der Waals surface area contributed by atoms with Crippen molar-refractivity contribution in [3.8, 4) is 5.75 Å². The number of hydrogen-bond acceptors (Lipinski definition) is 6. The van der Waals surface area contributed by atoms with Crippen LogP contribution in [0.1, 0.15) is 12.0 Å². The van der Waals surface area contributed by atoms with Gasteiger partial charge in [0.2, 0.25) is 0 Å². The number of carbonyl (C=O) groups is 1. The Balaban J connectivity index is 1.96. The second-order valence-electron chi connectivity index (χ2n) is 6.35. The molecule has 1 aliphatic heterocycles. The van der Waals surface area contributed by atoms with Gasteiger partial charge in [0, 0.05) is 20.3 Å². The highest BCUT2D eigenvalue weighted by atomic mass is 32.2. The van der Waals surface area contributed by atoms with Crippen molar-refractivity contribution in [1.82, 2.24) is 4.90 Å². The van der Waals surface area contributed by atoms with E-state index < -0.39 is 10.0 Å². The zero-order valence-electron chi connectivity index (χ0n) is 16.6. The van der Waals surface area contributed by atoms with Crippen molar-refractivity contribution in [2.45, 2.75) is 11.3 Å². The van der Waals surface area contributed by atoms with Gasteiger partial charge in [0.05, 0.1) is 16.9 Å². The second-order valence-corrected chi connectivity index (χ2v) is 8.97. The number of rotatable bonds is 8. The van der Waals surface area contributed by atoms with Gasteiger partial charge in [-0.2, -0.15) is 8.42 Å². The maximum Gasteiger partial charge on any atom is 0.284 e. The molecule has 0 unspecified atom stereocenters. The minimum Gasteiger partial charge on any atom is -0.497 e. The van der Waals surface area contributed by atoms with Crippen LogP contribution in [-0.2, 0) is 19.6 Å². The van der Waals surface area contributed by atoms with Crippen molar-refractivity contribution in [2.24, 2.45) is 4.40 Å². The molecule has 7 nitrogen and oxygen atoms in total. The van der Waals surface area contributed by atoms with E-state index in [0.29, 0.717) is 30.2 Å². The van der Waals surface area contributed by atoms with E-state index in [1.165, 1.54) is 17.0 Å². The molecule has 2 aromatic carbocycles. The Labute approximate surface area is 180 Å². The average molecular weight is 447 g/mol. The van der Waals surface area contributed by atoms with Gasteiger partial charge >= 0.3 is 0 Å². The fourth-order valence-corrected chi connectivity index (χ4v) is 5.00. The Bertz CT molecular complexity index is 1070. The van der Waals surface area contributed by atoms with E-state index in [0.717, 1.165) is 17.3 Å². The standard InChI is InChI=1S/C21H22N2O5S2/c1-27-13-7-12-23-20(24)19(15-16-8-6-9-17(14-16)28-2)29-21(23)22-30(25,26)18-10-4-3-5-11-18/h3-6,8-11,14-15H,7,12-13H2,1-2H3. The minimum atomic E-state index is -3.94. The first-order valence-electron chi connectivity index (χ1n) is 9.19. The van der Waals surface area contributed by atoms with E-state index in [1.54, 1.807) is 44.6 Å². The number of methoxy groups -OCH3 is 2. The van der Waals surface area contributed by atoms with Crippen LogP contribution in [-0.4, -0.2) is 51.8 Å². The van der Waals surface area contributed by atoms with Crippen LogP contribution < -0.4 is 4.74 Å². The Hall–Kier alpha value is -2.62. The van der Waals surface area contributed by atoms with Crippen molar-refractivity contribution in [1.29, 1.82) is 0 Å². The molecule has 3 rings (SSSR count). The van der Waals surface area contributed by atoms with E-state index in [4.69, 9.17) is 9.47 Å². The highest BCUT2D eigenvalue weighted by molar-refractivity contribution is 8.19. The topological polar surface area (TPSA) is 85.3 Å². The molecule has 30 heavy (non-hydrogen) atoms. The lowest BCUT2D eigenvalue weighted by Crippen LogP contribution is -2.31. The van der Waals surface area contributed by atoms with E-state index >= 15 is 0 Å². The number of thioether (sulfide) groups is 1. The molecule has 0 spiro atoms. The summed E-state index contributed by atoms with van der Waals surface area (Å²) >= 11 is 1.04. The van der Waals surface area contributed by atoms with Crippen molar-refractivity contribution >= 4 is 38.9 Å². The van der Waals surface area contributed by atoms with E-state index in [1.807, 2.05) is 18.2 Å². The quantitative estimate of drug-likeness (QED) is 0.456. The monoisotopic (exact) mass is 446 g/mol. The van der Waals surface area contributed by atoms with Crippen LogP contribution in [0.3, 0.4) is 0 Å². The normalized spacial score (nSPS) is 17.1. The van der Waals surface area contributed by atoms with Gasteiger partial charge in [-0.05, 0) is 54.1 Å². The average Bonchev–Trinajstić information content (AvgIpc) is 3.03. The smallest absolute Gasteiger partial charge is 0.284 e. The number of sulfonamides is 1. The third-order valence-electron chi connectivity index (χ3n) is 4.25. The van der Waals surface area contributed by atoms with E-state index in [2.05, 4.69) is 4.40 Å². The molecule has 0 bridgehead atoms. The highest BCUT2D eigenvalue weighted by Gasteiger charge is 2.34. The molecule has 0 aromatic heterocycles. The predicted molar refractivity (Wildman–Crippen MR) is 118 cm³/mol. The van der Waals surface area contributed by atoms with Crippen LogP contribution >= 0.6 is 11.8 Å². The first-order valence-corrected chi connectivity index (χ1v) is 11.4. The molecular weight excluding hydrogens is 424 g/mol. The Kier molecular flexibility index (Phi) is 7.30. The molecule has 1 saturated heterocycles. The minimum absolute atomic E-state index is 0.0765. The maximum atomic E-state index is 13.0. The molecule has 2 aromatic rings. The van der Waals surface area contributed by atoms with E-state index in [9.17, 15) is 13.2 Å². The van der Waals surface area contributed by atoms with Gasteiger partial charge in [0.1, 0.15) is 5.75 Å². The summed E-state index contributed by atoms with van der Waals surface area (Å²) in [5.74, 6) is 0.373. The number of carbonyl (C=O) groups excluding carboxylic acids is 1. The van der Waals surface area contributed by atoms with Crippen LogP contribution in [0.15, 0.2) is 68.8 Å². The number of amides is 1. The third-order valence-corrected chi connectivity index (χ3v) is 6.65. The number of nitrogens with zero attached hydrogens (tertiary/aromatic N) is 2. The molecular formula is C21H22N2O5S2. The molecule has 1 amide bonds. The van der Waals surface area contributed by atoms with E-state index in [-0.39, 0.29) is 16.0 Å². The van der Waals surface area contributed by atoms with Crippen molar-refractivity contribution in [3.63, 3.8) is 0 Å². The summed E-state index contributed by atoms with van der Waals surface area (Å²) in [6.45, 7) is 0.750. The fourth-order valence-electron chi connectivity index (χ4n) is 2.77. The summed E-state index contributed by atoms with van der Waals surface area (Å²) < 4.78 is 39.7. The molecule has 0 aliphatic carbocycles. The molecule has 1 fully saturated rings. The second kappa shape index (κ2) is 9.92. The predicted octanol–water partition coefficient (Wildman–Crippen LogP) is 3.39. The lowest BCUT2D eigenvalue weighted by molar-refractivity contribution is -0.122. The molecule has 0 saturated carbocycles. The van der Waals surface area contributed by atoms with Gasteiger partial charge in [-0.25, -0.2) is 0 Å². The zero-order chi connectivity index (χ0) is 21.6. The summed E-state index contributed by atoms with van der Waals surface area (Å²) in [7, 11) is -0.802. The van der Waals surface area contributed by atoms with Gasteiger partial charge < -0.3 is 9.47 Å². The Morgan fingerprint density at radius 1 is 1.10 bits per heavy atom. The zero-order valence-corrected chi connectivity index (χ0v) is 18.3. The summed E-state index contributed by atoms with van der Waals surface area (Å²) in [6.07, 6.45) is 2.26. The maximum absolute atomic E-state index is 13.0. The number of amidine groups is 1.